The van der Waals surface area contributed by atoms with Crippen molar-refractivity contribution >= 4 is 17.5 Å². The van der Waals surface area contributed by atoms with Crippen LogP contribution in [0.1, 0.15) is 37.3 Å². The predicted molar refractivity (Wildman–Crippen MR) is 106 cm³/mol. The molecule has 0 radical (unpaired) electrons. The van der Waals surface area contributed by atoms with Gasteiger partial charge in [-0.1, -0.05) is 30.7 Å². The van der Waals surface area contributed by atoms with Gasteiger partial charge in [-0.05, 0) is 63.0 Å². The third kappa shape index (κ3) is 5.50. The molecule has 1 aromatic heterocycles. The van der Waals surface area contributed by atoms with Crippen LogP contribution in [0.3, 0.4) is 0 Å². The number of ether oxygens (including phenoxy) is 1. The van der Waals surface area contributed by atoms with Crippen LogP contribution >= 0.6 is 11.6 Å². The number of aryl methyl sites for hydroxylation is 1. The Morgan fingerprint density at radius 1 is 1.30 bits per heavy atom. The van der Waals surface area contributed by atoms with E-state index in [2.05, 4.69) is 17.1 Å². The molecule has 1 saturated heterocycles. The number of amides is 1. The van der Waals surface area contributed by atoms with Gasteiger partial charge in [-0.3, -0.25) is 9.69 Å². The molecule has 1 fully saturated rings. The van der Waals surface area contributed by atoms with Crippen molar-refractivity contribution in [1.29, 1.82) is 0 Å². The highest BCUT2D eigenvalue weighted by molar-refractivity contribution is 6.32. The summed E-state index contributed by atoms with van der Waals surface area (Å²) in [6.07, 6.45) is 2.33. The monoisotopic (exact) mass is 390 g/mol. The fourth-order valence-corrected chi connectivity index (χ4v) is 3.54. The summed E-state index contributed by atoms with van der Waals surface area (Å²) in [4.78, 5) is 14.7. The lowest BCUT2D eigenvalue weighted by Crippen LogP contribution is -2.42. The second-order valence-electron chi connectivity index (χ2n) is 7.21. The van der Waals surface area contributed by atoms with E-state index in [4.69, 9.17) is 20.8 Å². The Hall–Kier alpha value is -1.98. The van der Waals surface area contributed by atoms with Crippen LogP contribution in [-0.4, -0.2) is 37.0 Å². The third-order valence-corrected chi connectivity index (χ3v) is 5.35. The molecule has 1 aliphatic rings. The van der Waals surface area contributed by atoms with Crippen LogP contribution in [0, 0.1) is 12.8 Å². The molecule has 6 heteroatoms. The molecule has 3 rings (SSSR count). The first-order chi connectivity index (χ1) is 13.0. The Morgan fingerprint density at radius 2 is 2.04 bits per heavy atom. The SMILES string of the molecule is Cc1ccc(C(CNC(=O)COc2ccccc2Cl)N2CCC(C)CC2)o1. The van der Waals surface area contributed by atoms with Crippen molar-refractivity contribution in [2.75, 3.05) is 26.2 Å². The first-order valence-corrected chi connectivity index (χ1v) is 9.85. The molecule has 146 valence electrons. The number of hydrogen-bond acceptors (Lipinski definition) is 4. The van der Waals surface area contributed by atoms with Gasteiger partial charge in [0.25, 0.3) is 5.91 Å². The summed E-state index contributed by atoms with van der Waals surface area (Å²) >= 11 is 6.06. The second kappa shape index (κ2) is 9.29. The van der Waals surface area contributed by atoms with Gasteiger partial charge >= 0.3 is 0 Å². The lowest BCUT2D eigenvalue weighted by atomic mass is 9.97. The molecular formula is C21H27ClN2O3. The topological polar surface area (TPSA) is 54.7 Å². The summed E-state index contributed by atoms with van der Waals surface area (Å²) in [7, 11) is 0. The van der Waals surface area contributed by atoms with Crippen molar-refractivity contribution in [2.24, 2.45) is 5.92 Å². The zero-order chi connectivity index (χ0) is 19.2. The van der Waals surface area contributed by atoms with E-state index in [1.165, 1.54) is 12.8 Å². The Labute approximate surface area is 165 Å². The molecule has 1 aromatic carbocycles. The molecule has 0 spiro atoms. The van der Waals surface area contributed by atoms with Gasteiger partial charge in [0, 0.05) is 6.54 Å². The van der Waals surface area contributed by atoms with Crippen LogP contribution in [0.15, 0.2) is 40.8 Å². The van der Waals surface area contributed by atoms with Crippen LogP contribution in [0.25, 0.3) is 0 Å². The molecule has 0 saturated carbocycles. The molecular weight excluding hydrogens is 364 g/mol. The van der Waals surface area contributed by atoms with Gasteiger partial charge in [0.1, 0.15) is 17.3 Å². The number of furan rings is 1. The van der Waals surface area contributed by atoms with Gasteiger partial charge in [0.15, 0.2) is 6.61 Å². The van der Waals surface area contributed by atoms with Crippen LogP contribution in [-0.2, 0) is 4.79 Å². The van der Waals surface area contributed by atoms with E-state index in [1.807, 2.05) is 31.2 Å². The number of benzene rings is 1. The molecule has 5 nitrogen and oxygen atoms in total. The quantitative estimate of drug-likeness (QED) is 0.769. The van der Waals surface area contributed by atoms with E-state index in [1.54, 1.807) is 12.1 Å². The molecule has 0 aliphatic carbocycles. The summed E-state index contributed by atoms with van der Waals surface area (Å²) in [5, 5.41) is 3.48. The average Bonchev–Trinajstić information content (AvgIpc) is 3.09. The van der Waals surface area contributed by atoms with Gasteiger partial charge in [0.2, 0.25) is 0 Å². The highest BCUT2D eigenvalue weighted by Gasteiger charge is 2.27. The van der Waals surface area contributed by atoms with Crippen LogP contribution in [0.2, 0.25) is 5.02 Å². The summed E-state index contributed by atoms with van der Waals surface area (Å²) < 4.78 is 11.4. The molecule has 2 aromatic rings. The number of rotatable bonds is 7. The Balaban J connectivity index is 1.57. The molecule has 2 heterocycles. The minimum atomic E-state index is -0.173. The summed E-state index contributed by atoms with van der Waals surface area (Å²) in [6.45, 7) is 6.68. The van der Waals surface area contributed by atoms with Crippen LogP contribution in [0.4, 0.5) is 0 Å². The summed E-state index contributed by atoms with van der Waals surface area (Å²) in [5.74, 6) is 2.87. The van der Waals surface area contributed by atoms with Crippen molar-refractivity contribution < 1.29 is 13.9 Å². The van der Waals surface area contributed by atoms with Crippen molar-refractivity contribution in [2.45, 2.75) is 32.7 Å². The minimum Gasteiger partial charge on any atom is -0.482 e. The average molecular weight is 391 g/mol. The molecule has 1 N–H and O–H groups in total. The normalized spacial score (nSPS) is 16.9. The minimum absolute atomic E-state index is 0.0375. The van der Waals surface area contributed by atoms with Crippen molar-refractivity contribution in [3.8, 4) is 5.75 Å². The van der Waals surface area contributed by atoms with E-state index in [0.29, 0.717) is 17.3 Å². The zero-order valence-electron chi connectivity index (χ0n) is 15.9. The number of hydrogen-bond donors (Lipinski definition) is 1. The maximum absolute atomic E-state index is 12.3. The highest BCUT2D eigenvalue weighted by Crippen LogP contribution is 2.27. The number of nitrogens with zero attached hydrogens (tertiary/aromatic N) is 1. The number of halogens is 1. The molecule has 27 heavy (non-hydrogen) atoms. The fraction of sp³-hybridized carbons (Fsp3) is 0.476. The van der Waals surface area contributed by atoms with E-state index in [0.717, 1.165) is 30.5 Å². The number of carbonyl (C=O) groups is 1. The van der Waals surface area contributed by atoms with E-state index >= 15 is 0 Å². The standard InChI is InChI=1S/C21H27ClN2O3/c1-15-9-11-24(12-10-15)18(20-8-7-16(2)27-20)13-23-21(25)14-26-19-6-4-3-5-17(19)22/h3-8,15,18H,9-14H2,1-2H3,(H,23,25). The van der Waals surface area contributed by atoms with Crippen LogP contribution in [0.5, 0.6) is 5.75 Å². The van der Waals surface area contributed by atoms with Crippen LogP contribution < -0.4 is 10.1 Å². The van der Waals surface area contributed by atoms with E-state index in [9.17, 15) is 4.79 Å². The molecule has 1 amide bonds. The molecule has 1 aliphatic heterocycles. The lowest BCUT2D eigenvalue weighted by Gasteiger charge is -2.35. The largest absolute Gasteiger partial charge is 0.482 e. The van der Waals surface area contributed by atoms with Crippen molar-refractivity contribution in [1.82, 2.24) is 10.2 Å². The molecule has 1 atom stereocenters. The third-order valence-electron chi connectivity index (χ3n) is 5.04. The maximum Gasteiger partial charge on any atom is 0.258 e. The lowest BCUT2D eigenvalue weighted by molar-refractivity contribution is -0.123. The van der Waals surface area contributed by atoms with Crippen molar-refractivity contribution in [3.05, 3.63) is 52.9 Å². The predicted octanol–water partition coefficient (Wildman–Crippen LogP) is 4.21. The highest BCUT2D eigenvalue weighted by atomic mass is 35.5. The zero-order valence-corrected chi connectivity index (χ0v) is 16.7. The first kappa shape index (κ1) is 19.8. The number of piperidine rings is 1. The van der Waals surface area contributed by atoms with Gasteiger partial charge < -0.3 is 14.5 Å². The Morgan fingerprint density at radius 3 is 2.70 bits per heavy atom. The van der Waals surface area contributed by atoms with E-state index < -0.39 is 0 Å². The number of likely N-dealkylation sites (tertiary alicyclic amines) is 1. The van der Waals surface area contributed by atoms with Crippen molar-refractivity contribution in [3.63, 3.8) is 0 Å². The second-order valence-corrected chi connectivity index (χ2v) is 7.61. The number of carbonyl (C=O) groups excluding carboxylic acids is 1. The first-order valence-electron chi connectivity index (χ1n) is 9.47. The number of para-hydroxylation sites is 1. The fourth-order valence-electron chi connectivity index (χ4n) is 3.35. The van der Waals surface area contributed by atoms with Gasteiger partial charge in [0.05, 0.1) is 11.1 Å². The smallest absolute Gasteiger partial charge is 0.258 e. The summed E-state index contributed by atoms with van der Waals surface area (Å²) in [5.41, 5.74) is 0. The number of nitrogens with one attached hydrogen (secondary N) is 1. The molecule has 1 unspecified atom stereocenters. The Kier molecular flexibility index (Phi) is 6.80. The Bertz CT molecular complexity index is 753. The van der Waals surface area contributed by atoms with Gasteiger partial charge in [-0.2, -0.15) is 0 Å². The summed E-state index contributed by atoms with van der Waals surface area (Å²) in [6, 6.07) is 11.1. The molecule has 0 bridgehead atoms. The maximum atomic E-state index is 12.3. The van der Waals surface area contributed by atoms with Gasteiger partial charge in [-0.25, -0.2) is 0 Å². The van der Waals surface area contributed by atoms with Gasteiger partial charge in [-0.15, -0.1) is 0 Å². The van der Waals surface area contributed by atoms with E-state index in [-0.39, 0.29) is 18.6 Å².